The van der Waals surface area contributed by atoms with Crippen molar-refractivity contribution >= 4 is 0 Å². The average molecular weight is 289 g/mol. The highest BCUT2D eigenvalue weighted by Crippen LogP contribution is 2.29. The third-order valence-electron chi connectivity index (χ3n) is 3.65. The summed E-state index contributed by atoms with van der Waals surface area (Å²) in [4.78, 5) is 0. The number of rotatable bonds is 4. The van der Waals surface area contributed by atoms with E-state index in [0.717, 1.165) is 29.3 Å². The minimum atomic E-state index is -0.546. The third-order valence-corrected chi connectivity index (χ3v) is 3.65. The molecule has 0 aliphatic heterocycles. The maximum Gasteiger partial charge on any atom is 0.126 e. The fourth-order valence-corrected chi connectivity index (χ4v) is 2.98. The molecule has 112 valence electrons. The molecule has 0 spiro atoms. The molecule has 0 fully saturated rings. The van der Waals surface area contributed by atoms with Gasteiger partial charge in [-0.05, 0) is 61.7 Å². The van der Waals surface area contributed by atoms with Crippen LogP contribution in [0.25, 0.3) is 0 Å². The predicted octanol–water partition coefficient (Wildman–Crippen LogP) is 4.59. The summed E-state index contributed by atoms with van der Waals surface area (Å²) in [5.74, 6) is -1.09. The molecule has 0 aromatic heterocycles. The fraction of sp³-hybridized carbons (Fsp3) is 0.333. The Morgan fingerprint density at radius 3 is 1.90 bits per heavy atom. The summed E-state index contributed by atoms with van der Waals surface area (Å²) in [6.07, 6.45) is 0. The molecule has 3 heteroatoms. The second kappa shape index (κ2) is 6.35. The van der Waals surface area contributed by atoms with Crippen LogP contribution >= 0.6 is 0 Å². The van der Waals surface area contributed by atoms with Crippen LogP contribution < -0.4 is 5.32 Å². The van der Waals surface area contributed by atoms with Gasteiger partial charge in [-0.3, -0.25) is 0 Å². The van der Waals surface area contributed by atoms with Crippen LogP contribution in [0.2, 0.25) is 0 Å². The molecular weight excluding hydrogens is 268 g/mol. The minimum Gasteiger partial charge on any atom is -0.307 e. The molecule has 1 N–H and O–H groups in total. The van der Waals surface area contributed by atoms with Crippen LogP contribution in [0.4, 0.5) is 8.78 Å². The van der Waals surface area contributed by atoms with Gasteiger partial charge in [0.05, 0.1) is 6.04 Å². The first kappa shape index (κ1) is 15.6. The molecule has 2 aromatic rings. The van der Waals surface area contributed by atoms with Crippen molar-refractivity contribution in [3.8, 4) is 0 Å². The Hall–Kier alpha value is -1.74. The first-order chi connectivity index (χ1) is 9.92. The molecule has 0 heterocycles. The molecule has 21 heavy (non-hydrogen) atoms. The van der Waals surface area contributed by atoms with Crippen LogP contribution in [0.15, 0.2) is 30.3 Å². The van der Waals surface area contributed by atoms with E-state index in [0.29, 0.717) is 5.56 Å². The Kier molecular flexibility index (Phi) is 4.73. The van der Waals surface area contributed by atoms with Crippen LogP contribution in [0, 0.1) is 32.4 Å². The largest absolute Gasteiger partial charge is 0.307 e. The van der Waals surface area contributed by atoms with Crippen molar-refractivity contribution in [2.75, 3.05) is 6.54 Å². The van der Waals surface area contributed by atoms with Crippen molar-refractivity contribution in [1.82, 2.24) is 5.32 Å². The van der Waals surface area contributed by atoms with Crippen LogP contribution in [-0.2, 0) is 0 Å². The average Bonchev–Trinajstić information content (AvgIpc) is 2.35. The number of hydrogen-bond acceptors (Lipinski definition) is 1. The molecule has 1 nitrogen and oxygen atoms in total. The van der Waals surface area contributed by atoms with Gasteiger partial charge in [-0.25, -0.2) is 8.78 Å². The lowest BCUT2D eigenvalue weighted by Gasteiger charge is -2.23. The van der Waals surface area contributed by atoms with Crippen molar-refractivity contribution in [1.29, 1.82) is 0 Å². The summed E-state index contributed by atoms with van der Waals surface area (Å²) in [7, 11) is 0. The number of hydrogen-bond donors (Lipinski definition) is 1. The first-order valence-corrected chi connectivity index (χ1v) is 7.19. The van der Waals surface area contributed by atoms with Gasteiger partial charge in [0.15, 0.2) is 0 Å². The van der Waals surface area contributed by atoms with Gasteiger partial charge < -0.3 is 5.32 Å². The van der Waals surface area contributed by atoms with Gasteiger partial charge in [-0.1, -0.05) is 24.6 Å². The molecule has 2 rings (SSSR count). The monoisotopic (exact) mass is 289 g/mol. The van der Waals surface area contributed by atoms with E-state index in [1.54, 1.807) is 0 Å². The van der Waals surface area contributed by atoms with E-state index in [1.807, 2.05) is 27.7 Å². The number of halogens is 2. The Balaban J connectivity index is 2.58. The molecule has 1 atom stereocenters. The van der Waals surface area contributed by atoms with Crippen LogP contribution in [-0.4, -0.2) is 6.54 Å². The summed E-state index contributed by atoms with van der Waals surface area (Å²) in [6, 6.07) is 7.69. The number of aryl methyl sites for hydroxylation is 3. The van der Waals surface area contributed by atoms with E-state index >= 15 is 0 Å². The Labute approximate surface area is 125 Å². The molecule has 0 saturated carbocycles. The Morgan fingerprint density at radius 1 is 0.905 bits per heavy atom. The van der Waals surface area contributed by atoms with E-state index in [1.165, 1.54) is 17.7 Å². The quantitative estimate of drug-likeness (QED) is 0.868. The molecule has 0 bridgehead atoms. The molecule has 0 radical (unpaired) electrons. The van der Waals surface area contributed by atoms with Gasteiger partial charge in [-0.15, -0.1) is 0 Å². The molecule has 0 aliphatic carbocycles. The van der Waals surface area contributed by atoms with E-state index < -0.39 is 11.6 Å². The summed E-state index contributed by atoms with van der Waals surface area (Å²) in [6.45, 7) is 8.83. The topological polar surface area (TPSA) is 12.0 Å². The predicted molar refractivity (Wildman–Crippen MR) is 82.5 cm³/mol. The third kappa shape index (κ3) is 3.48. The van der Waals surface area contributed by atoms with Crippen molar-refractivity contribution in [2.24, 2.45) is 0 Å². The van der Waals surface area contributed by atoms with Crippen LogP contribution in [0.3, 0.4) is 0 Å². The van der Waals surface area contributed by atoms with Crippen molar-refractivity contribution < 1.29 is 8.78 Å². The van der Waals surface area contributed by atoms with Crippen LogP contribution in [0.1, 0.15) is 40.8 Å². The van der Waals surface area contributed by atoms with Gasteiger partial charge in [0.25, 0.3) is 0 Å². The van der Waals surface area contributed by atoms with Gasteiger partial charge in [0.1, 0.15) is 11.6 Å². The lowest BCUT2D eigenvalue weighted by Crippen LogP contribution is -2.24. The van der Waals surface area contributed by atoms with E-state index in [4.69, 9.17) is 0 Å². The lowest BCUT2D eigenvalue weighted by atomic mass is 9.90. The van der Waals surface area contributed by atoms with Gasteiger partial charge >= 0.3 is 0 Å². The molecule has 0 amide bonds. The standard InChI is InChI=1S/C18H21F2N/c1-5-21-18(14-8-15(19)10-16(20)9-14)17-12(3)6-11(2)7-13(17)4/h6-10,18,21H,5H2,1-4H3. The first-order valence-electron chi connectivity index (χ1n) is 7.19. The van der Waals surface area contributed by atoms with E-state index in [-0.39, 0.29) is 6.04 Å². The maximum atomic E-state index is 13.5. The van der Waals surface area contributed by atoms with Gasteiger partial charge in [0.2, 0.25) is 0 Å². The zero-order chi connectivity index (χ0) is 15.6. The zero-order valence-electron chi connectivity index (χ0n) is 12.9. The van der Waals surface area contributed by atoms with Gasteiger partial charge in [0, 0.05) is 6.07 Å². The van der Waals surface area contributed by atoms with E-state index in [2.05, 4.69) is 17.4 Å². The summed E-state index contributed by atoms with van der Waals surface area (Å²) < 4.78 is 27.1. The number of nitrogens with one attached hydrogen (secondary N) is 1. The maximum absolute atomic E-state index is 13.5. The fourth-order valence-electron chi connectivity index (χ4n) is 2.98. The highest BCUT2D eigenvalue weighted by Gasteiger charge is 2.19. The molecule has 0 aliphatic rings. The highest BCUT2D eigenvalue weighted by atomic mass is 19.1. The normalized spacial score (nSPS) is 12.5. The second-order valence-corrected chi connectivity index (χ2v) is 5.51. The van der Waals surface area contributed by atoms with E-state index in [9.17, 15) is 8.78 Å². The molecule has 2 aromatic carbocycles. The van der Waals surface area contributed by atoms with Crippen molar-refractivity contribution in [2.45, 2.75) is 33.7 Å². The van der Waals surface area contributed by atoms with Gasteiger partial charge in [-0.2, -0.15) is 0 Å². The lowest BCUT2D eigenvalue weighted by molar-refractivity contribution is 0.564. The van der Waals surface area contributed by atoms with Crippen molar-refractivity contribution in [3.63, 3.8) is 0 Å². The zero-order valence-corrected chi connectivity index (χ0v) is 12.9. The Bertz CT molecular complexity index is 606. The SMILES string of the molecule is CCNC(c1cc(F)cc(F)c1)c1c(C)cc(C)cc1C. The molecular formula is C18H21F2N. The smallest absolute Gasteiger partial charge is 0.126 e. The summed E-state index contributed by atoms with van der Waals surface area (Å²) >= 11 is 0. The van der Waals surface area contributed by atoms with Crippen molar-refractivity contribution in [3.05, 3.63) is 69.8 Å². The minimum absolute atomic E-state index is 0.208. The molecule has 1 unspecified atom stereocenters. The Morgan fingerprint density at radius 2 is 1.43 bits per heavy atom. The second-order valence-electron chi connectivity index (χ2n) is 5.51. The summed E-state index contributed by atoms with van der Waals surface area (Å²) in [5, 5.41) is 3.34. The summed E-state index contributed by atoms with van der Waals surface area (Å²) in [5.41, 5.74) is 5.15. The van der Waals surface area contributed by atoms with Crippen LogP contribution in [0.5, 0.6) is 0 Å². The number of benzene rings is 2. The molecule has 0 saturated heterocycles. The highest BCUT2D eigenvalue weighted by molar-refractivity contribution is 5.44.